The fourth-order valence-corrected chi connectivity index (χ4v) is 3.49. The van der Waals surface area contributed by atoms with Gasteiger partial charge in [0.05, 0.1) is 18.8 Å². The second-order valence-corrected chi connectivity index (χ2v) is 6.70. The van der Waals surface area contributed by atoms with Crippen molar-refractivity contribution < 1.29 is 14.3 Å². The number of carbonyl (C=O) groups is 2. The second kappa shape index (κ2) is 7.32. The molecule has 0 bridgehead atoms. The Hall–Kier alpha value is -1.92. The molecule has 0 spiro atoms. The van der Waals surface area contributed by atoms with Crippen molar-refractivity contribution in [2.75, 3.05) is 36.4 Å². The highest BCUT2D eigenvalue weighted by Gasteiger charge is 2.24. The van der Waals surface area contributed by atoms with Gasteiger partial charge < -0.3 is 15.0 Å². The highest BCUT2D eigenvalue weighted by molar-refractivity contribution is 5.97. The predicted molar refractivity (Wildman–Crippen MR) is 93.1 cm³/mol. The van der Waals surface area contributed by atoms with Crippen molar-refractivity contribution in [2.24, 2.45) is 0 Å². The van der Waals surface area contributed by atoms with E-state index < -0.39 is 0 Å². The lowest BCUT2D eigenvalue weighted by Crippen LogP contribution is -2.48. The van der Waals surface area contributed by atoms with Gasteiger partial charge in [-0.2, -0.15) is 0 Å². The molecule has 0 unspecified atom stereocenters. The van der Waals surface area contributed by atoms with Crippen LogP contribution in [0.15, 0.2) is 24.3 Å². The summed E-state index contributed by atoms with van der Waals surface area (Å²) in [6.07, 6.45) is 1.78. The average Bonchev–Trinajstić information content (AvgIpc) is 2.92. The second-order valence-electron chi connectivity index (χ2n) is 6.70. The quantitative estimate of drug-likeness (QED) is 0.915. The monoisotopic (exact) mass is 331 g/mol. The van der Waals surface area contributed by atoms with Gasteiger partial charge in [0.25, 0.3) is 0 Å². The van der Waals surface area contributed by atoms with Crippen molar-refractivity contribution in [3.63, 3.8) is 0 Å². The minimum atomic E-state index is -0.0406. The third kappa shape index (κ3) is 4.13. The van der Waals surface area contributed by atoms with Crippen LogP contribution in [-0.4, -0.2) is 55.1 Å². The maximum Gasteiger partial charge on any atom is 0.238 e. The van der Waals surface area contributed by atoms with Crippen LogP contribution in [0.1, 0.15) is 26.7 Å². The van der Waals surface area contributed by atoms with Crippen molar-refractivity contribution in [1.82, 2.24) is 4.90 Å². The summed E-state index contributed by atoms with van der Waals surface area (Å²) in [5.74, 6) is 0.107. The van der Waals surface area contributed by atoms with Gasteiger partial charge >= 0.3 is 0 Å². The number of amides is 2. The van der Waals surface area contributed by atoms with Gasteiger partial charge in [-0.25, -0.2) is 0 Å². The van der Waals surface area contributed by atoms with Crippen LogP contribution in [0.3, 0.4) is 0 Å². The number of rotatable bonds is 4. The van der Waals surface area contributed by atoms with Crippen molar-refractivity contribution in [1.29, 1.82) is 0 Å². The fraction of sp³-hybridized carbons (Fsp3) is 0.556. The number of nitrogens with one attached hydrogen (secondary N) is 1. The van der Waals surface area contributed by atoms with E-state index in [2.05, 4.69) is 10.2 Å². The third-order valence-corrected chi connectivity index (χ3v) is 4.38. The molecule has 2 aliphatic rings. The number of carbonyl (C=O) groups excluding carboxylic acids is 2. The first-order chi connectivity index (χ1) is 11.5. The summed E-state index contributed by atoms with van der Waals surface area (Å²) in [4.78, 5) is 28.1. The number of hydrogen-bond acceptors (Lipinski definition) is 4. The number of morpholine rings is 1. The van der Waals surface area contributed by atoms with Gasteiger partial charge in [-0.3, -0.25) is 14.5 Å². The molecule has 0 radical (unpaired) electrons. The van der Waals surface area contributed by atoms with Crippen LogP contribution >= 0.6 is 0 Å². The van der Waals surface area contributed by atoms with Gasteiger partial charge in [-0.1, -0.05) is 6.07 Å². The molecule has 2 atom stereocenters. The minimum Gasteiger partial charge on any atom is -0.373 e. The summed E-state index contributed by atoms with van der Waals surface area (Å²) in [5, 5.41) is 2.94. The SMILES string of the molecule is C[C@@H]1CN(CC(=O)Nc2cccc(N3CCCC3=O)c2)C[C@H](C)O1. The molecule has 6 nitrogen and oxygen atoms in total. The Morgan fingerprint density at radius 1 is 1.29 bits per heavy atom. The Morgan fingerprint density at radius 2 is 2.04 bits per heavy atom. The van der Waals surface area contributed by atoms with Gasteiger partial charge in [-0.15, -0.1) is 0 Å². The van der Waals surface area contributed by atoms with E-state index in [1.54, 1.807) is 4.90 Å². The molecule has 1 N–H and O–H groups in total. The first kappa shape index (κ1) is 16.9. The van der Waals surface area contributed by atoms with Gasteiger partial charge in [0.1, 0.15) is 0 Å². The summed E-state index contributed by atoms with van der Waals surface area (Å²) in [5.41, 5.74) is 1.58. The maximum atomic E-state index is 12.3. The molecule has 1 aromatic carbocycles. The van der Waals surface area contributed by atoms with E-state index in [-0.39, 0.29) is 24.0 Å². The first-order valence-electron chi connectivity index (χ1n) is 8.59. The van der Waals surface area contributed by atoms with Crippen molar-refractivity contribution in [2.45, 2.75) is 38.9 Å². The molecule has 6 heteroatoms. The van der Waals surface area contributed by atoms with Gasteiger partial charge in [-0.05, 0) is 38.5 Å². The molecule has 2 heterocycles. The lowest BCUT2D eigenvalue weighted by Gasteiger charge is -2.34. The molecule has 2 aliphatic heterocycles. The largest absolute Gasteiger partial charge is 0.373 e. The number of benzene rings is 1. The Morgan fingerprint density at radius 3 is 2.71 bits per heavy atom. The Balaban J connectivity index is 1.59. The molecule has 0 aromatic heterocycles. The van der Waals surface area contributed by atoms with Gasteiger partial charge in [0, 0.05) is 37.4 Å². The third-order valence-electron chi connectivity index (χ3n) is 4.38. The maximum absolute atomic E-state index is 12.3. The van der Waals surface area contributed by atoms with E-state index in [1.165, 1.54) is 0 Å². The number of anilines is 2. The molecular weight excluding hydrogens is 306 g/mol. The Kier molecular flexibility index (Phi) is 5.16. The van der Waals surface area contributed by atoms with Gasteiger partial charge in [0.15, 0.2) is 0 Å². The topological polar surface area (TPSA) is 61.9 Å². The molecular formula is C18H25N3O3. The minimum absolute atomic E-state index is 0.0406. The number of ether oxygens (including phenoxy) is 1. The van der Waals surface area contributed by atoms with Gasteiger partial charge in [0.2, 0.25) is 11.8 Å². The normalized spacial score (nSPS) is 25.1. The van der Waals surface area contributed by atoms with E-state index in [9.17, 15) is 9.59 Å². The number of hydrogen-bond donors (Lipinski definition) is 1. The molecule has 2 saturated heterocycles. The summed E-state index contributed by atoms with van der Waals surface area (Å²) < 4.78 is 5.69. The first-order valence-corrected chi connectivity index (χ1v) is 8.59. The zero-order valence-corrected chi connectivity index (χ0v) is 14.3. The van der Waals surface area contributed by atoms with Crippen LogP contribution in [0.4, 0.5) is 11.4 Å². The predicted octanol–water partition coefficient (Wildman–Crippen LogP) is 1.86. The lowest BCUT2D eigenvalue weighted by molar-refractivity contribution is -0.121. The zero-order chi connectivity index (χ0) is 17.1. The van der Waals surface area contributed by atoms with E-state index in [0.717, 1.165) is 37.4 Å². The van der Waals surface area contributed by atoms with E-state index in [1.807, 2.05) is 38.1 Å². The van der Waals surface area contributed by atoms with Crippen molar-refractivity contribution in [3.8, 4) is 0 Å². The van der Waals surface area contributed by atoms with Crippen LogP contribution in [0.5, 0.6) is 0 Å². The van der Waals surface area contributed by atoms with Crippen LogP contribution in [0.25, 0.3) is 0 Å². The van der Waals surface area contributed by atoms with E-state index >= 15 is 0 Å². The number of nitrogens with zero attached hydrogens (tertiary/aromatic N) is 2. The molecule has 1 aromatic rings. The van der Waals surface area contributed by atoms with E-state index in [0.29, 0.717) is 13.0 Å². The summed E-state index contributed by atoms with van der Waals surface area (Å²) >= 11 is 0. The van der Waals surface area contributed by atoms with E-state index in [4.69, 9.17) is 4.74 Å². The molecule has 2 fully saturated rings. The molecule has 0 saturated carbocycles. The summed E-state index contributed by atoms with van der Waals surface area (Å²) in [6, 6.07) is 7.50. The molecule has 3 rings (SSSR count). The van der Waals surface area contributed by atoms with Crippen LogP contribution in [0, 0.1) is 0 Å². The summed E-state index contributed by atoms with van der Waals surface area (Å²) in [6.45, 7) is 6.68. The highest BCUT2D eigenvalue weighted by Crippen LogP contribution is 2.24. The Labute approximate surface area is 142 Å². The smallest absolute Gasteiger partial charge is 0.238 e. The molecule has 24 heavy (non-hydrogen) atoms. The lowest BCUT2D eigenvalue weighted by atomic mass is 10.2. The molecule has 130 valence electrons. The zero-order valence-electron chi connectivity index (χ0n) is 14.3. The standard InChI is InChI=1S/C18H25N3O3/c1-13-10-20(11-14(2)24-13)12-17(22)19-15-5-3-6-16(9-15)21-8-4-7-18(21)23/h3,5-6,9,13-14H,4,7-8,10-12H2,1-2H3,(H,19,22)/t13-,14+. The van der Waals surface area contributed by atoms with Crippen LogP contribution in [0.2, 0.25) is 0 Å². The van der Waals surface area contributed by atoms with Crippen molar-refractivity contribution >= 4 is 23.2 Å². The fourth-order valence-electron chi connectivity index (χ4n) is 3.49. The highest BCUT2D eigenvalue weighted by atomic mass is 16.5. The Bertz CT molecular complexity index is 609. The van der Waals surface area contributed by atoms with Crippen LogP contribution < -0.4 is 10.2 Å². The van der Waals surface area contributed by atoms with Crippen LogP contribution in [-0.2, 0) is 14.3 Å². The molecule has 0 aliphatic carbocycles. The average molecular weight is 331 g/mol. The molecule has 2 amide bonds. The summed E-state index contributed by atoms with van der Waals surface area (Å²) in [7, 11) is 0. The van der Waals surface area contributed by atoms with Crippen molar-refractivity contribution in [3.05, 3.63) is 24.3 Å².